The number of hydrogen-bond donors (Lipinski definition) is 2. The Balaban J connectivity index is 1.32. The number of fused-ring (bicyclic) bond motifs is 1. The summed E-state index contributed by atoms with van der Waals surface area (Å²) in [5.41, 5.74) is 4.60. The molecule has 5 aromatic carbocycles. The summed E-state index contributed by atoms with van der Waals surface area (Å²) in [6.45, 7) is 0. The Kier molecular flexibility index (Phi) is 7.90. The summed E-state index contributed by atoms with van der Waals surface area (Å²) in [5.74, 6) is -0.916. The largest absolute Gasteiger partial charge is 0.478 e. The third-order valence-electron chi connectivity index (χ3n) is 7.46. The third-order valence-corrected chi connectivity index (χ3v) is 7.46. The molecule has 1 aromatic heterocycles. The summed E-state index contributed by atoms with van der Waals surface area (Å²) in [5, 5.41) is 33.8. The van der Waals surface area contributed by atoms with E-state index < -0.39 is 23.1 Å². The van der Waals surface area contributed by atoms with Gasteiger partial charge in [0.25, 0.3) is 0 Å². The van der Waals surface area contributed by atoms with E-state index in [2.05, 4.69) is 0 Å². The van der Waals surface area contributed by atoms with Crippen molar-refractivity contribution in [3.05, 3.63) is 154 Å². The van der Waals surface area contributed by atoms with Crippen molar-refractivity contribution in [3.8, 4) is 28.0 Å². The second-order valence-corrected chi connectivity index (χ2v) is 10.3. The monoisotopic (exact) mass is 585 g/mol. The molecule has 1 heterocycles. The van der Waals surface area contributed by atoms with Crippen LogP contribution in [0.1, 0.15) is 23.0 Å². The average Bonchev–Trinajstić information content (AvgIpc) is 3.45. The SMILES string of the molecule is O=C(O)[C@@H](Cc1ccccc1)Oc1ccc(-c2ccc(-c3c(C(O)c4ccccc4)oc4ccccc34)cc2)cc1[N+](=O)[O-]. The summed E-state index contributed by atoms with van der Waals surface area (Å²) in [6.07, 6.45) is -2.23. The molecule has 6 rings (SSSR count). The molecule has 0 fully saturated rings. The molecule has 0 spiro atoms. The van der Waals surface area contributed by atoms with E-state index in [4.69, 9.17) is 9.15 Å². The molecule has 0 aliphatic heterocycles. The highest BCUT2D eigenvalue weighted by Gasteiger charge is 2.26. The van der Waals surface area contributed by atoms with E-state index in [0.717, 1.165) is 22.1 Å². The van der Waals surface area contributed by atoms with Gasteiger partial charge in [0.2, 0.25) is 0 Å². The van der Waals surface area contributed by atoms with E-state index >= 15 is 0 Å². The fourth-order valence-electron chi connectivity index (χ4n) is 5.27. The summed E-state index contributed by atoms with van der Waals surface area (Å²) >= 11 is 0. The van der Waals surface area contributed by atoms with Crippen LogP contribution in [-0.4, -0.2) is 27.2 Å². The number of carbonyl (C=O) groups is 1. The zero-order chi connectivity index (χ0) is 30.6. The Morgan fingerprint density at radius 2 is 1.41 bits per heavy atom. The number of carboxylic acids is 1. The first-order valence-corrected chi connectivity index (χ1v) is 14.0. The molecule has 2 atom stereocenters. The zero-order valence-corrected chi connectivity index (χ0v) is 23.4. The average molecular weight is 586 g/mol. The Bertz CT molecular complexity index is 1930. The molecule has 0 saturated carbocycles. The smallest absolute Gasteiger partial charge is 0.345 e. The lowest BCUT2D eigenvalue weighted by molar-refractivity contribution is -0.386. The summed E-state index contributed by atoms with van der Waals surface area (Å²) in [6, 6.07) is 37.7. The van der Waals surface area contributed by atoms with E-state index in [9.17, 15) is 25.1 Å². The molecule has 1 unspecified atom stereocenters. The lowest BCUT2D eigenvalue weighted by Gasteiger charge is -2.16. The molecule has 0 amide bonds. The van der Waals surface area contributed by atoms with Gasteiger partial charge < -0.3 is 19.4 Å². The number of aliphatic hydroxyl groups is 1. The van der Waals surface area contributed by atoms with Crippen molar-refractivity contribution in [3.63, 3.8) is 0 Å². The fourth-order valence-corrected chi connectivity index (χ4v) is 5.27. The van der Waals surface area contributed by atoms with E-state index in [-0.39, 0.29) is 17.9 Å². The highest BCUT2D eigenvalue weighted by atomic mass is 16.6. The zero-order valence-electron chi connectivity index (χ0n) is 23.4. The van der Waals surface area contributed by atoms with Crippen molar-refractivity contribution in [1.82, 2.24) is 0 Å². The van der Waals surface area contributed by atoms with E-state index in [1.807, 2.05) is 84.9 Å². The van der Waals surface area contributed by atoms with E-state index in [0.29, 0.717) is 28.0 Å². The van der Waals surface area contributed by atoms with Gasteiger partial charge in [-0.15, -0.1) is 0 Å². The minimum Gasteiger partial charge on any atom is -0.478 e. The highest BCUT2D eigenvalue weighted by Crippen LogP contribution is 2.41. The topological polar surface area (TPSA) is 123 Å². The van der Waals surface area contributed by atoms with Gasteiger partial charge in [0.15, 0.2) is 11.9 Å². The molecule has 0 aliphatic carbocycles. The van der Waals surface area contributed by atoms with Crippen molar-refractivity contribution in [1.29, 1.82) is 0 Å². The quantitative estimate of drug-likeness (QED) is 0.124. The van der Waals surface area contributed by atoms with Crippen LogP contribution in [0.15, 0.2) is 132 Å². The Morgan fingerprint density at radius 1 is 0.795 bits per heavy atom. The third kappa shape index (κ3) is 5.79. The van der Waals surface area contributed by atoms with Gasteiger partial charge in [-0.1, -0.05) is 109 Å². The van der Waals surface area contributed by atoms with Crippen LogP contribution >= 0.6 is 0 Å². The number of hydrogen-bond acceptors (Lipinski definition) is 6. The number of aliphatic hydroxyl groups excluding tert-OH is 1. The first-order valence-electron chi connectivity index (χ1n) is 14.0. The minimum atomic E-state index is -1.30. The minimum absolute atomic E-state index is 0.0557. The van der Waals surface area contributed by atoms with E-state index in [1.165, 1.54) is 12.1 Å². The molecule has 0 radical (unpaired) electrons. The molecule has 2 N–H and O–H groups in total. The second-order valence-electron chi connectivity index (χ2n) is 10.3. The predicted octanol–water partition coefficient (Wildman–Crippen LogP) is 7.83. The number of para-hydroxylation sites is 1. The van der Waals surface area contributed by atoms with Crippen LogP contribution < -0.4 is 4.74 Å². The van der Waals surface area contributed by atoms with Crippen LogP contribution in [0.3, 0.4) is 0 Å². The molecule has 44 heavy (non-hydrogen) atoms. The number of nitro groups is 1. The summed E-state index contributed by atoms with van der Waals surface area (Å²) in [4.78, 5) is 23.3. The van der Waals surface area contributed by atoms with Crippen molar-refractivity contribution in [2.24, 2.45) is 0 Å². The number of aliphatic carboxylic acids is 1. The first kappa shape index (κ1) is 28.4. The van der Waals surface area contributed by atoms with Gasteiger partial charge >= 0.3 is 11.7 Å². The lowest BCUT2D eigenvalue weighted by atomic mass is 9.95. The summed E-state index contributed by atoms with van der Waals surface area (Å²) < 4.78 is 11.8. The number of carboxylic acid groups (broad SMARTS) is 1. The van der Waals surface area contributed by atoms with Gasteiger partial charge in [0, 0.05) is 23.4 Å². The lowest BCUT2D eigenvalue weighted by Crippen LogP contribution is -2.29. The maximum Gasteiger partial charge on any atom is 0.345 e. The molecule has 8 nitrogen and oxygen atoms in total. The maximum absolute atomic E-state index is 12.0. The Morgan fingerprint density at radius 3 is 2.09 bits per heavy atom. The predicted molar refractivity (Wildman–Crippen MR) is 166 cm³/mol. The number of furan rings is 1. The first-order chi connectivity index (χ1) is 21.4. The van der Waals surface area contributed by atoms with Crippen molar-refractivity contribution in [2.45, 2.75) is 18.6 Å². The van der Waals surface area contributed by atoms with Gasteiger partial charge in [-0.2, -0.15) is 0 Å². The molecule has 218 valence electrons. The number of nitro benzene ring substituents is 1. The van der Waals surface area contributed by atoms with Crippen molar-refractivity contribution < 1.29 is 29.1 Å². The van der Waals surface area contributed by atoms with Crippen LogP contribution in [0.4, 0.5) is 5.69 Å². The van der Waals surface area contributed by atoms with Crippen molar-refractivity contribution in [2.75, 3.05) is 0 Å². The highest BCUT2D eigenvalue weighted by molar-refractivity contribution is 5.96. The molecule has 0 aliphatic rings. The Hall–Kier alpha value is -5.73. The molecule has 8 heteroatoms. The molecular weight excluding hydrogens is 558 g/mol. The summed E-state index contributed by atoms with van der Waals surface area (Å²) in [7, 11) is 0. The van der Waals surface area contributed by atoms with Gasteiger partial charge in [-0.05, 0) is 39.9 Å². The molecule has 0 bridgehead atoms. The Labute approximate surface area is 252 Å². The van der Waals surface area contributed by atoms with Gasteiger partial charge in [0.05, 0.1) is 4.92 Å². The van der Waals surface area contributed by atoms with Crippen LogP contribution in [0.5, 0.6) is 5.75 Å². The van der Waals surface area contributed by atoms with Crippen LogP contribution in [0.25, 0.3) is 33.2 Å². The van der Waals surface area contributed by atoms with Gasteiger partial charge in [-0.3, -0.25) is 10.1 Å². The standard InChI is InChI=1S/C36H27NO7/c38-34(26-11-5-2-6-12-26)35-33(28-13-7-8-14-30(28)44-35)25-17-15-24(16-18-25)27-19-20-31(29(22-27)37(41)42)43-32(36(39)40)21-23-9-3-1-4-10-23/h1-20,22,32,34,38H,21H2,(H,39,40)/t32-,34?/m1/s1. The normalized spacial score (nSPS) is 12.5. The fraction of sp³-hybridized carbons (Fsp3) is 0.0833. The van der Waals surface area contributed by atoms with Crippen LogP contribution in [0.2, 0.25) is 0 Å². The number of rotatable bonds is 10. The van der Waals surface area contributed by atoms with Crippen LogP contribution in [0, 0.1) is 10.1 Å². The van der Waals surface area contributed by atoms with E-state index in [1.54, 1.807) is 30.3 Å². The van der Waals surface area contributed by atoms with Gasteiger partial charge in [0.1, 0.15) is 17.4 Å². The second kappa shape index (κ2) is 12.2. The van der Waals surface area contributed by atoms with Gasteiger partial charge in [-0.25, -0.2) is 4.79 Å². The molecule has 6 aromatic rings. The van der Waals surface area contributed by atoms with Crippen molar-refractivity contribution >= 4 is 22.6 Å². The number of ether oxygens (including phenoxy) is 1. The number of nitrogens with zero attached hydrogens (tertiary/aromatic N) is 1. The number of benzene rings is 5. The molecular formula is C36H27NO7. The molecule has 0 saturated heterocycles. The van der Waals surface area contributed by atoms with Crippen LogP contribution in [-0.2, 0) is 11.2 Å². The maximum atomic E-state index is 12.0.